The zero-order valence-electron chi connectivity index (χ0n) is 15.5. The van der Waals surface area contributed by atoms with E-state index in [0.717, 1.165) is 63.3 Å². The zero-order valence-corrected chi connectivity index (χ0v) is 15.5. The van der Waals surface area contributed by atoms with Crippen molar-refractivity contribution < 1.29 is 9.53 Å². The quantitative estimate of drug-likeness (QED) is 0.824. The lowest BCUT2D eigenvalue weighted by Gasteiger charge is -2.28. The van der Waals surface area contributed by atoms with Crippen molar-refractivity contribution in [2.75, 3.05) is 39.3 Å². The lowest BCUT2D eigenvalue weighted by Crippen LogP contribution is -2.42. The molecule has 3 rings (SSSR count). The zero-order chi connectivity index (χ0) is 17.6. The molecule has 0 aromatic heterocycles. The Labute approximate surface area is 151 Å². The van der Waals surface area contributed by atoms with E-state index in [1.54, 1.807) is 0 Å². The molecular formula is C20H31N3O2. The molecule has 2 atom stereocenters. The number of benzene rings is 1. The van der Waals surface area contributed by atoms with Gasteiger partial charge in [0.15, 0.2) is 0 Å². The van der Waals surface area contributed by atoms with Crippen LogP contribution >= 0.6 is 0 Å². The Hall–Kier alpha value is -1.59. The summed E-state index contributed by atoms with van der Waals surface area (Å²) in [5.41, 5.74) is 0.773. The summed E-state index contributed by atoms with van der Waals surface area (Å²) in [5.74, 6) is 1.01. The first kappa shape index (κ1) is 18.2. The maximum Gasteiger partial charge on any atom is 0.254 e. The molecule has 5 heteroatoms. The highest BCUT2D eigenvalue weighted by Gasteiger charge is 2.38. The average Bonchev–Trinajstić information content (AvgIpc) is 2.91. The Morgan fingerprint density at radius 1 is 1.16 bits per heavy atom. The molecule has 1 aromatic rings. The Morgan fingerprint density at radius 3 is 2.60 bits per heavy atom. The third-order valence-corrected chi connectivity index (χ3v) is 5.56. The molecule has 1 amide bonds. The molecule has 25 heavy (non-hydrogen) atoms. The Balaban J connectivity index is 1.57. The fraction of sp³-hybridized carbons (Fsp3) is 0.650. The molecule has 0 saturated carbocycles. The molecule has 5 nitrogen and oxygen atoms in total. The number of likely N-dealkylation sites (N-methyl/N-ethyl adjacent to an activating group) is 1. The van der Waals surface area contributed by atoms with Crippen LogP contribution in [0.5, 0.6) is 5.75 Å². The smallest absolute Gasteiger partial charge is 0.254 e. The van der Waals surface area contributed by atoms with Crippen molar-refractivity contribution in [3.05, 3.63) is 29.8 Å². The molecule has 2 fully saturated rings. The summed E-state index contributed by atoms with van der Waals surface area (Å²) in [6.45, 7) is 9.96. The predicted octanol–water partition coefficient (Wildman–Crippen LogP) is 2.37. The number of carbonyl (C=O) groups excluding carboxylic acids is 1. The lowest BCUT2D eigenvalue weighted by molar-refractivity contribution is 0.0680. The van der Waals surface area contributed by atoms with Gasteiger partial charge in [0, 0.05) is 30.7 Å². The molecule has 2 aliphatic rings. The molecule has 2 saturated heterocycles. The van der Waals surface area contributed by atoms with Crippen LogP contribution in [0.2, 0.25) is 0 Å². The number of fused-ring (bicyclic) bond motifs is 2. The second-order valence-corrected chi connectivity index (χ2v) is 6.99. The summed E-state index contributed by atoms with van der Waals surface area (Å²) in [7, 11) is 0. The van der Waals surface area contributed by atoms with Gasteiger partial charge in [-0.15, -0.1) is 0 Å². The summed E-state index contributed by atoms with van der Waals surface area (Å²) >= 11 is 0. The minimum absolute atomic E-state index is 0.172. The molecule has 1 aromatic carbocycles. The normalized spacial score (nSPS) is 22.9. The average molecular weight is 345 g/mol. The third kappa shape index (κ3) is 4.33. The van der Waals surface area contributed by atoms with E-state index in [9.17, 15) is 4.79 Å². The number of hydrogen-bond donors (Lipinski definition) is 1. The SMILES string of the molecule is CCN(CC)CCOc1ccc(C(=O)N2C3CCNCC2CC3)cc1. The van der Waals surface area contributed by atoms with Gasteiger partial charge in [0.2, 0.25) is 0 Å². The fourth-order valence-corrected chi connectivity index (χ4v) is 3.99. The first-order valence-corrected chi connectivity index (χ1v) is 9.71. The van der Waals surface area contributed by atoms with Crippen LogP contribution < -0.4 is 10.1 Å². The molecule has 1 N–H and O–H groups in total. The minimum Gasteiger partial charge on any atom is -0.492 e. The summed E-state index contributed by atoms with van der Waals surface area (Å²) in [5, 5.41) is 3.45. The molecule has 0 aliphatic carbocycles. The number of ether oxygens (including phenoxy) is 1. The van der Waals surface area contributed by atoms with Gasteiger partial charge in [0.25, 0.3) is 5.91 Å². The van der Waals surface area contributed by atoms with Crippen LogP contribution in [-0.4, -0.2) is 67.1 Å². The van der Waals surface area contributed by atoms with Crippen LogP contribution in [0.15, 0.2) is 24.3 Å². The maximum atomic E-state index is 13.0. The van der Waals surface area contributed by atoms with E-state index in [-0.39, 0.29) is 5.91 Å². The van der Waals surface area contributed by atoms with Gasteiger partial charge < -0.3 is 19.9 Å². The first-order chi connectivity index (χ1) is 12.2. The first-order valence-electron chi connectivity index (χ1n) is 9.71. The highest BCUT2D eigenvalue weighted by Crippen LogP contribution is 2.29. The van der Waals surface area contributed by atoms with Crippen LogP contribution in [0, 0.1) is 0 Å². The van der Waals surface area contributed by atoms with E-state index in [4.69, 9.17) is 4.74 Å². The molecule has 0 radical (unpaired) electrons. The van der Waals surface area contributed by atoms with Gasteiger partial charge in [-0.2, -0.15) is 0 Å². The molecule has 2 unspecified atom stereocenters. The topological polar surface area (TPSA) is 44.8 Å². The molecular weight excluding hydrogens is 314 g/mol. The summed E-state index contributed by atoms with van der Waals surface area (Å²) in [6.07, 6.45) is 3.33. The van der Waals surface area contributed by atoms with Gasteiger partial charge in [-0.3, -0.25) is 4.79 Å². The van der Waals surface area contributed by atoms with E-state index in [1.165, 1.54) is 0 Å². The molecule has 138 valence electrons. The number of rotatable bonds is 7. The van der Waals surface area contributed by atoms with Crippen LogP contribution in [0.4, 0.5) is 0 Å². The number of nitrogens with one attached hydrogen (secondary N) is 1. The van der Waals surface area contributed by atoms with Crippen LogP contribution in [0.1, 0.15) is 43.5 Å². The van der Waals surface area contributed by atoms with Gasteiger partial charge in [0.1, 0.15) is 12.4 Å². The van der Waals surface area contributed by atoms with Gasteiger partial charge in [0.05, 0.1) is 0 Å². The molecule has 2 bridgehead atoms. The van der Waals surface area contributed by atoms with E-state index in [1.807, 2.05) is 24.3 Å². The Bertz CT molecular complexity index is 543. The van der Waals surface area contributed by atoms with Crippen LogP contribution in [0.25, 0.3) is 0 Å². The van der Waals surface area contributed by atoms with Crippen LogP contribution in [-0.2, 0) is 0 Å². The predicted molar refractivity (Wildman–Crippen MR) is 100 cm³/mol. The highest BCUT2D eigenvalue weighted by molar-refractivity contribution is 5.95. The molecule has 2 heterocycles. The minimum atomic E-state index is 0.172. The van der Waals surface area contributed by atoms with E-state index < -0.39 is 0 Å². The van der Waals surface area contributed by atoms with Gasteiger partial charge in [-0.25, -0.2) is 0 Å². The number of amides is 1. The third-order valence-electron chi connectivity index (χ3n) is 5.56. The van der Waals surface area contributed by atoms with Crippen molar-refractivity contribution in [3.8, 4) is 5.75 Å². The van der Waals surface area contributed by atoms with Crippen molar-refractivity contribution in [3.63, 3.8) is 0 Å². The standard InChI is InChI=1S/C20H31N3O2/c1-3-22(4-2)13-14-25-19-9-5-16(6-10-19)20(24)23-17-7-8-18(23)15-21-12-11-17/h5-6,9-10,17-18,21H,3-4,7-8,11-15H2,1-2H3. The molecule has 0 spiro atoms. The van der Waals surface area contributed by atoms with Crippen molar-refractivity contribution in [2.24, 2.45) is 0 Å². The van der Waals surface area contributed by atoms with E-state index in [0.29, 0.717) is 18.7 Å². The monoisotopic (exact) mass is 345 g/mol. The second kappa shape index (κ2) is 8.68. The van der Waals surface area contributed by atoms with Crippen molar-refractivity contribution >= 4 is 5.91 Å². The number of hydrogen-bond acceptors (Lipinski definition) is 4. The van der Waals surface area contributed by atoms with Crippen molar-refractivity contribution in [1.82, 2.24) is 15.1 Å². The highest BCUT2D eigenvalue weighted by atomic mass is 16.5. The van der Waals surface area contributed by atoms with Crippen molar-refractivity contribution in [2.45, 2.75) is 45.2 Å². The maximum absolute atomic E-state index is 13.0. The summed E-state index contributed by atoms with van der Waals surface area (Å²) in [4.78, 5) is 17.4. The lowest BCUT2D eigenvalue weighted by atomic mass is 10.1. The number of nitrogens with zero attached hydrogens (tertiary/aromatic N) is 2. The van der Waals surface area contributed by atoms with E-state index >= 15 is 0 Å². The number of carbonyl (C=O) groups is 1. The van der Waals surface area contributed by atoms with Gasteiger partial charge >= 0.3 is 0 Å². The largest absolute Gasteiger partial charge is 0.492 e. The Kier molecular flexibility index (Phi) is 6.32. The van der Waals surface area contributed by atoms with Gasteiger partial charge in [-0.1, -0.05) is 13.8 Å². The fourth-order valence-electron chi connectivity index (χ4n) is 3.99. The second-order valence-electron chi connectivity index (χ2n) is 6.99. The van der Waals surface area contributed by atoms with Gasteiger partial charge in [-0.05, 0) is 63.2 Å². The molecule has 2 aliphatic heterocycles. The summed E-state index contributed by atoms with van der Waals surface area (Å²) in [6, 6.07) is 8.42. The van der Waals surface area contributed by atoms with Crippen molar-refractivity contribution in [1.29, 1.82) is 0 Å². The Morgan fingerprint density at radius 2 is 1.88 bits per heavy atom. The van der Waals surface area contributed by atoms with Crippen LogP contribution in [0.3, 0.4) is 0 Å². The van der Waals surface area contributed by atoms with E-state index in [2.05, 4.69) is 29.0 Å². The summed E-state index contributed by atoms with van der Waals surface area (Å²) < 4.78 is 5.82.